The minimum Gasteiger partial charge on any atom is -0.345 e. The Labute approximate surface area is 196 Å². The van der Waals surface area contributed by atoms with Crippen LogP contribution in [-0.4, -0.2) is 34.8 Å². The van der Waals surface area contributed by atoms with Gasteiger partial charge in [0.15, 0.2) is 5.13 Å². The topological polar surface area (TPSA) is 74.3 Å². The highest BCUT2D eigenvalue weighted by molar-refractivity contribution is 7.15. The Morgan fingerprint density at radius 3 is 2.66 bits per heavy atom. The quantitative estimate of drug-likeness (QED) is 0.528. The Morgan fingerprint density at radius 1 is 1.16 bits per heavy atom. The number of hydrogen-bond acceptors (Lipinski definition) is 5. The first-order valence-corrected chi connectivity index (χ1v) is 11.8. The van der Waals surface area contributed by atoms with Crippen LogP contribution >= 0.6 is 22.9 Å². The summed E-state index contributed by atoms with van der Waals surface area (Å²) >= 11 is 7.71. The Bertz CT molecular complexity index is 1100. The minimum absolute atomic E-state index is 0.0888. The van der Waals surface area contributed by atoms with Gasteiger partial charge in [-0.2, -0.15) is 0 Å². The van der Waals surface area contributed by atoms with E-state index in [1.54, 1.807) is 24.3 Å². The molecular formula is C24H25ClN4O2S. The van der Waals surface area contributed by atoms with Gasteiger partial charge in [-0.3, -0.25) is 14.5 Å². The Morgan fingerprint density at radius 2 is 1.91 bits per heavy atom. The molecule has 2 heterocycles. The molecule has 166 valence electrons. The van der Waals surface area contributed by atoms with Crippen LogP contribution in [0, 0.1) is 0 Å². The molecular weight excluding hydrogens is 444 g/mol. The number of thiazole rings is 1. The van der Waals surface area contributed by atoms with Crippen LogP contribution < -0.4 is 10.6 Å². The number of carbonyl (C=O) groups excluding carboxylic acids is 2. The largest absolute Gasteiger partial charge is 0.345 e. The van der Waals surface area contributed by atoms with E-state index in [0.29, 0.717) is 15.7 Å². The summed E-state index contributed by atoms with van der Waals surface area (Å²) in [7, 11) is 0. The van der Waals surface area contributed by atoms with Gasteiger partial charge in [0.2, 0.25) is 5.91 Å². The van der Waals surface area contributed by atoms with Crippen molar-refractivity contribution in [1.82, 2.24) is 15.2 Å². The van der Waals surface area contributed by atoms with Crippen LogP contribution in [0.2, 0.25) is 5.02 Å². The van der Waals surface area contributed by atoms with Crippen molar-refractivity contribution in [3.05, 3.63) is 81.3 Å². The number of benzene rings is 2. The van der Waals surface area contributed by atoms with E-state index in [9.17, 15) is 9.59 Å². The number of fused-ring (bicyclic) bond motifs is 1. The third kappa shape index (κ3) is 5.35. The van der Waals surface area contributed by atoms with Crippen molar-refractivity contribution >= 4 is 39.9 Å². The Kier molecular flexibility index (Phi) is 7.19. The first-order valence-electron chi connectivity index (χ1n) is 10.6. The molecule has 1 atom stereocenters. The lowest BCUT2D eigenvalue weighted by molar-refractivity contribution is -0.116. The molecule has 8 heteroatoms. The lowest BCUT2D eigenvalue weighted by atomic mass is 10.0. The number of anilines is 1. The smallest absolute Gasteiger partial charge is 0.253 e. The van der Waals surface area contributed by atoms with Crippen molar-refractivity contribution in [3.8, 4) is 0 Å². The maximum Gasteiger partial charge on any atom is 0.253 e. The fourth-order valence-corrected chi connectivity index (χ4v) is 5.03. The lowest BCUT2D eigenvalue weighted by Gasteiger charge is -2.23. The van der Waals surface area contributed by atoms with Crippen molar-refractivity contribution in [2.75, 3.05) is 18.4 Å². The van der Waals surface area contributed by atoms with Gasteiger partial charge in [0.25, 0.3) is 5.91 Å². The summed E-state index contributed by atoms with van der Waals surface area (Å²) in [4.78, 5) is 33.9. The van der Waals surface area contributed by atoms with Crippen molar-refractivity contribution in [2.24, 2.45) is 0 Å². The summed E-state index contributed by atoms with van der Waals surface area (Å²) in [5.41, 5.74) is 2.30. The highest BCUT2D eigenvalue weighted by Gasteiger charge is 2.23. The Hall–Kier alpha value is -2.74. The van der Waals surface area contributed by atoms with Gasteiger partial charge in [0.1, 0.15) is 0 Å². The van der Waals surface area contributed by atoms with Gasteiger partial charge in [-0.15, -0.1) is 11.3 Å². The van der Waals surface area contributed by atoms with Crippen LogP contribution in [-0.2, 0) is 17.8 Å². The zero-order valence-corrected chi connectivity index (χ0v) is 19.4. The number of rotatable bonds is 7. The number of carbonyl (C=O) groups is 2. The van der Waals surface area contributed by atoms with E-state index < -0.39 is 6.04 Å². The van der Waals surface area contributed by atoms with Crippen LogP contribution in [0.4, 0.5) is 5.13 Å². The van der Waals surface area contributed by atoms with Crippen LogP contribution in [0.3, 0.4) is 0 Å². The molecule has 3 aromatic rings. The predicted octanol–water partition coefficient (Wildman–Crippen LogP) is 4.67. The molecule has 1 unspecified atom stereocenters. The predicted molar refractivity (Wildman–Crippen MR) is 128 cm³/mol. The molecule has 0 saturated carbocycles. The van der Waals surface area contributed by atoms with Crippen LogP contribution in [0.15, 0.2) is 54.6 Å². The molecule has 4 rings (SSSR count). The Balaban J connectivity index is 1.47. The molecule has 6 nitrogen and oxygen atoms in total. The maximum atomic E-state index is 12.9. The SMILES string of the molecule is CCN1CCc2nc(NC(=O)CC(NC(=O)c3ccccc3Cl)c3ccccc3)sc2C1. The van der Waals surface area contributed by atoms with Gasteiger partial charge in [-0.1, -0.05) is 61.0 Å². The first kappa shape index (κ1) is 22.5. The second-order valence-electron chi connectivity index (χ2n) is 7.68. The molecule has 0 spiro atoms. The minimum atomic E-state index is -0.495. The molecule has 32 heavy (non-hydrogen) atoms. The average Bonchev–Trinajstić information content (AvgIpc) is 3.20. The van der Waals surface area contributed by atoms with Gasteiger partial charge < -0.3 is 10.6 Å². The van der Waals surface area contributed by atoms with Gasteiger partial charge >= 0.3 is 0 Å². The molecule has 0 fully saturated rings. The number of nitrogens with one attached hydrogen (secondary N) is 2. The lowest BCUT2D eigenvalue weighted by Crippen LogP contribution is -2.31. The number of aromatic nitrogens is 1. The summed E-state index contributed by atoms with van der Waals surface area (Å²) < 4.78 is 0. The summed E-state index contributed by atoms with van der Waals surface area (Å²) in [5, 5.41) is 6.87. The van der Waals surface area contributed by atoms with Crippen molar-refractivity contribution in [3.63, 3.8) is 0 Å². The van der Waals surface area contributed by atoms with Gasteiger partial charge in [0.05, 0.1) is 28.7 Å². The van der Waals surface area contributed by atoms with Crippen LogP contribution in [0.5, 0.6) is 0 Å². The zero-order chi connectivity index (χ0) is 22.5. The normalized spacial score (nSPS) is 14.4. The summed E-state index contributed by atoms with van der Waals surface area (Å²) in [6.45, 7) is 5.02. The fraction of sp³-hybridized carbons (Fsp3) is 0.292. The molecule has 2 amide bonds. The second kappa shape index (κ2) is 10.3. The third-order valence-electron chi connectivity index (χ3n) is 5.52. The van der Waals surface area contributed by atoms with Crippen molar-refractivity contribution in [2.45, 2.75) is 32.4 Å². The van der Waals surface area contributed by atoms with Crippen molar-refractivity contribution < 1.29 is 9.59 Å². The number of amides is 2. The second-order valence-corrected chi connectivity index (χ2v) is 9.17. The number of hydrogen-bond donors (Lipinski definition) is 2. The van der Waals surface area contributed by atoms with E-state index in [1.807, 2.05) is 30.3 Å². The van der Waals surface area contributed by atoms with E-state index in [-0.39, 0.29) is 18.2 Å². The molecule has 0 bridgehead atoms. The summed E-state index contributed by atoms with van der Waals surface area (Å²) in [6, 6.07) is 15.8. The van der Waals surface area contributed by atoms with Crippen LogP contribution in [0.1, 0.15) is 45.9 Å². The third-order valence-corrected chi connectivity index (χ3v) is 6.85. The molecule has 0 aliphatic carbocycles. The van der Waals surface area contributed by atoms with E-state index in [4.69, 9.17) is 11.6 Å². The van der Waals surface area contributed by atoms with E-state index in [1.165, 1.54) is 16.2 Å². The number of nitrogens with zero attached hydrogens (tertiary/aromatic N) is 2. The average molecular weight is 469 g/mol. The molecule has 2 aromatic carbocycles. The van der Waals surface area contributed by atoms with Gasteiger partial charge in [-0.25, -0.2) is 4.98 Å². The number of likely N-dealkylation sites (N-methyl/N-ethyl adjacent to an activating group) is 1. The van der Waals surface area contributed by atoms with E-state index in [0.717, 1.165) is 37.3 Å². The van der Waals surface area contributed by atoms with Crippen molar-refractivity contribution in [1.29, 1.82) is 0 Å². The molecule has 1 aliphatic heterocycles. The molecule has 2 N–H and O–H groups in total. The standard InChI is InChI=1S/C24H25ClN4O2S/c1-2-29-13-12-19-21(15-29)32-24(27-19)28-22(30)14-20(16-8-4-3-5-9-16)26-23(31)17-10-6-7-11-18(17)25/h3-11,20H,2,12-15H2,1H3,(H,26,31)(H,27,28,30). The van der Waals surface area contributed by atoms with E-state index >= 15 is 0 Å². The van der Waals surface area contributed by atoms with Gasteiger partial charge in [-0.05, 0) is 24.2 Å². The number of halogens is 1. The monoisotopic (exact) mass is 468 g/mol. The highest BCUT2D eigenvalue weighted by atomic mass is 35.5. The highest BCUT2D eigenvalue weighted by Crippen LogP contribution is 2.29. The molecule has 0 radical (unpaired) electrons. The zero-order valence-electron chi connectivity index (χ0n) is 17.8. The van der Waals surface area contributed by atoms with Crippen LogP contribution in [0.25, 0.3) is 0 Å². The molecule has 0 saturated heterocycles. The molecule has 1 aliphatic rings. The summed E-state index contributed by atoms with van der Waals surface area (Å²) in [6.07, 6.45) is 0.988. The maximum absolute atomic E-state index is 12.9. The summed E-state index contributed by atoms with van der Waals surface area (Å²) in [5.74, 6) is -0.515. The fourth-order valence-electron chi connectivity index (χ4n) is 3.75. The molecule has 1 aromatic heterocycles. The first-order chi connectivity index (χ1) is 15.5. The van der Waals surface area contributed by atoms with E-state index in [2.05, 4.69) is 27.4 Å². The van der Waals surface area contributed by atoms with Gasteiger partial charge in [0, 0.05) is 24.4 Å².